The van der Waals surface area contributed by atoms with Gasteiger partial charge in [-0.2, -0.15) is 0 Å². The van der Waals surface area contributed by atoms with Gasteiger partial charge in [0, 0.05) is 18.7 Å². The van der Waals surface area contributed by atoms with Crippen molar-refractivity contribution in [1.29, 1.82) is 0 Å². The standard InChI is InChI=1S/C24H26FNO/c1-17-7-10-22(23(25)15-17)24(27-21-11-13-26(2)14-12-21)20-9-8-18-5-3-4-6-19(18)16-20/h3-10,15-16,21,24H,11-14H2,1-2H3. The van der Waals surface area contributed by atoms with Crippen molar-refractivity contribution >= 4 is 10.8 Å². The van der Waals surface area contributed by atoms with Crippen molar-refractivity contribution in [2.24, 2.45) is 0 Å². The van der Waals surface area contributed by atoms with Gasteiger partial charge >= 0.3 is 0 Å². The summed E-state index contributed by atoms with van der Waals surface area (Å²) < 4.78 is 21.3. The summed E-state index contributed by atoms with van der Waals surface area (Å²) in [5.74, 6) is -0.193. The average molecular weight is 363 g/mol. The Morgan fingerprint density at radius 3 is 2.44 bits per heavy atom. The van der Waals surface area contributed by atoms with Gasteiger partial charge < -0.3 is 9.64 Å². The van der Waals surface area contributed by atoms with Crippen molar-refractivity contribution in [3.05, 3.63) is 83.2 Å². The molecule has 3 aromatic rings. The van der Waals surface area contributed by atoms with E-state index in [9.17, 15) is 4.39 Å². The second kappa shape index (κ2) is 7.79. The van der Waals surface area contributed by atoms with Gasteiger partial charge in [-0.15, -0.1) is 0 Å². The molecule has 0 spiro atoms. The monoisotopic (exact) mass is 363 g/mol. The molecule has 0 bridgehead atoms. The summed E-state index contributed by atoms with van der Waals surface area (Å²) in [6.45, 7) is 3.95. The van der Waals surface area contributed by atoms with Crippen LogP contribution in [0.5, 0.6) is 0 Å². The number of ether oxygens (including phenoxy) is 1. The lowest BCUT2D eigenvalue weighted by molar-refractivity contribution is -0.0246. The fourth-order valence-electron chi connectivity index (χ4n) is 3.86. The molecular formula is C24H26FNO. The highest BCUT2D eigenvalue weighted by atomic mass is 19.1. The summed E-state index contributed by atoms with van der Waals surface area (Å²) in [6, 6.07) is 20.0. The van der Waals surface area contributed by atoms with Crippen LogP contribution in [0.3, 0.4) is 0 Å². The average Bonchev–Trinajstić information content (AvgIpc) is 2.68. The zero-order valence-electron chi connectivity index (χ0n) is 16.0. The first-order chi connectivity index (χ1) is 13.1. The van der Waals surface area contributed by atoms with Crippen molar-refractivity contribution in [3.8, 4) is 0 Å². The van der Waals surface area contributed by atoms with E-state index in [2.05, 4.69) is 42.3 Å². The molecule has 27 heavy (non-hydrogen) atoms. The van der Waals surface area contributed by atoms with Crippen molar-refractivity contribution in [3.63, 3.8) is 0 Å². The van der Waals surface area contributed by atoms with Crippen molar-refractivity contribution < 1.29 is 9.13 Å². The van der Waals surface area contributed by atoms with E-state index in [0.717, 1.165) is 42.4 Å². The molecule has 140 valence electrons. The lowest BCUT2D eigenvalue weighted by Crippen LogP contribution is -2.35. The molecule has 0 N–H and O–H groups in total. The Labute approximate surface area is 160 Å². The number of piperidine rings is 1. The topological polar surface area (TPSA) is 12.5 Å². The number of aryl methyl sites for hydroxylation is 1. The Hall–Kier alpha value is -2.23. The Morgan fingerprint density at radius 1 is 0.963 bits per heavy atom. The second-order valence-corrected chi connectivity index (χ2v) is 7.65. The van der Waals surface area contributed by atoms with E-state index in [-0.39, 0.29) is 18.0 Å². The largest absolute Gasteiger partial charge is 0.365 e. The first kappa shape index (κ1) is 18.1. The number of hydrogen-bond donors (Lipinski definition) is 0. The molecule has 1 unspecified atom stereocenters. The highest BCUT2D eigenvalue weighted by Gasteiger charge is 2.25. The first-order valence-corrected chi connectivity index (χ1v) is 9.69. The van der Waals surface area contributed by atoms with E-state index in [1.807, 2.05) is 31.2 Å². The molecule has 1 aliphatic heterocycles. The maximum absolute atomic E-state index is 14.8. The van der Waals surface area contributed by atoms with E-state index in [0.29, 0.717) is 5.56 Å². The van der Waals surface area contributed by atoms with Crippen LogP contribution in [0.25, 0.3) is 10.8 Å². The van der Waals surface area contributed by atoms with Crippen molar-refractivity contribution in [2.75, 3.05) is 20.1 Å². The van der Waals surface area contributed by atoms with Crippen molar-refractivity contribution in [1.82, 2.24) is 4.90 Å². The normalized spacial score (nSPS) is 17.3. The molecule has 1 saturated heterocycles. The smallest absolute Gasteiger partial charge is 0.129 e. The van der Waals surface area contributed by atoms with E-state index >= 15 is 0 Å². The summed E-state index contributed by atoms with van der Waals surface area (Å²) in [7, 11) is 2.14. The third kappa shape index (κ3) is 4.05. The molecule has 0 saturated carbocycles. The van der Waals surface area contributed by atoms with Crippen LogP contribution in [0.2, 0.25) is 0 Å². The summed E-state index contributed by atoms with van der Waals surface area (Å²) in [6.07, 6.45) is 1.73. The molecule has 0 aliphatic carbocycles. The summed E-state index contributed by atoms with van der Waals surface area (Å²) in [4.78, 5) is 2.32. The summed E-state index contributed by atoms with van der Waals surface area (Å²) >= 11 is 0. The number of benzene rings is 3. The summed E-state index contributed by atoms with van der Waals surface area (Å²) in [5.41, 5.74) is 2.55. The van der Waals surface area contributed by atoms with E-state index in [4.69, 9.17) is 4.74 Å². The van der Waals surface area contributed by atoms with E-state index < -0.39 is 0 Å². The molecule has 1 heterocycles. The second-order valence-electron chi connectivity index (χ2n) is 7.65. The number of likely N-dealkylation sites (tertiary alicyclic amines) is 1. The van der Waals surface area contributed by atoms with Crippen LogP contribution in [-0.2, 0) is 4.74 Å². The number of halogens is 1. The van der Waals surface area contributed by atoms with Gasteiger partial charge in [0.2, 0.25) is 0 Å². The van der Waals surface area contributed by atoms with Crippen LogP contribution in [0.15, 0.2) is 60.7 Å². The van der Waals surface area contributed by atoms with Gasteiger partial charge in [-0.3, -0.25) is 0 Å². The van der Waals surface area contributed by atoms with Gasteiger partial charge in [-0.1, -0.05) is 48.5 Å². The molecule has 0 radical (unpaired) electrons. The predicted octanol–water partition coefficient (Wildman–Crippen LogP) is 5.49. The molecule has 0 aromatic heterocycles. The molecule has 1 aliphatic rings. The van der Waals surface area contributed by atoms with E-state index in [1.54, 1.807) is 6.07 Å². The number of hydrogen-bond acceptors (Lipinski definition) is 2. The Kier molecular flexibility index (Phi) is 5.24. The Bertz CT molecular complexity index is 931. The van der Waals surface area contributed by atoms with E-state index in [1.165, 1.54) is 5.39 Å². The third-order valence-corrected chi connectivity index (χ3v) is 5.51. The van der Waals surface area contributed by atoms with Gasteiger partial charge in [0.05, 0.1) is 6.10 Å². The Balaban J connectivity index is 1.72. The minimum absolute atomic E-state index is 0.151. The summed E-state index contributed by atoms with van der Waals surface area (Å²) in [5, 5.41) is 2.34. The number of fused-ring (bicyclic) bond motifs is 1. The third-order valence-electron chi connectivity index (χ3n) is 5.51. The van der Waals surface area contributed by atoms with Crippen LogP contribution in [0, 0.1) is 12.7 Å². The van der Waals surface area contributed by atoms with Gasteiger partial charge in [-0.25, -0.2) is 4.39 Å². The fraction of sp³-hybridized carbons (Fsp3) is 0.333. The molecule has 0 amide bonds. The minimum atomic E-state index is -0.386. The fourth-order valence-corrected chi connectivity index (χ4v) is 3.86. The van der Waals surface area contributed by atoms with Gasteiger partial charge in [-0.05, 0) is 60.8 Å². The van der Waals surface area contributed by atoms with Crippen LogP contribution in [-0.4, -0.2) is 31.1 Å². The van der Waals surface area contributed by atoms with Crippen LogP contribution >= 0.6 is 0 Å². The first-order valence-electron chi connectivity index (χ1n) is 9.69. The lowest BCUT2D eigenvalue weighted by Gasteiger charge is -2.32. The minimum Gasteiger partial charge on any atom is -0.365 e. The molecule has 4 rings (SSSR count). The molecule has 1 atom stereocenters. The van der Waals surface area contributed by atoms with Crippen molar-refractivity contribution in [2.45, 2.75) is 32.0 Å². The quantitative estimate of drug-likeness (QED) is 0.608. The van der Waals surface area contributed by atoms with Crippen LogP contribution < -0.4 is 0 Å². The SMILES string of the molecule is Cc1ccc(C(OC2CCN(C)CC2)c2ccc3ccccc3c2)c(F)c1. The van der Waals surface area contributed by atoms with Crippen LogP contribution in [0.4, 0.5) is 4.39 Å². The van der Waals surface area contributed by atoms with Crippen LogP contribution in [0.1, 0.15) is 35.6 Å². The Morgan fingerprint density at radius 2 is 1.70 bits per heavy atom. The lowest BCUT2D eigenvalue weighted by atomic mass is 9.96. The van der Waals surface area contributed by atoms with Gasteiger partial charge in [0.15, 0.2) is 0 Å². The van der Waals surface area contributed by atoms with Gasteiger partial charge in [0.25, 0.3) is 0 Å². The predicted molar refractivity (Wildman–Crippen MR) is 109 cm³/mol. The van der Waals surface area contributed by atoms with Gasteiger partial charge in [0.1, 0.15) is 11.9 Å². The molecule has 3 heteroatoms. The maximum atomic E-state index is 14.8. The molecule has 2 nitrogen and oxygen atoms in total. The number of nitrogens with zero attached hydrogens (tertiary/aromatic N) is 1. The molecule has 1 fully saturated rings. The highest BCUT2D eigenvalue weighted by molar-refractivity contribution is 5.83. The zero-order valence-corrected chi connectivity index (χ0v) is 16.0. The molecule has 3 aromatic carbocycles. The highest BCUT2D eigenvalue weighted by Crippen LogP contribution is 2.33. The zero-order chi connectivity index (χ0) is 18.8. The molecular weight excluding hydrogens is 337 g/mol. The maximum Gasteiger partial charge on any atom is 0.129 e. The number of rotatable bonds is 4.